The highest BCUT2D eigenvalue weighted by Gasteiger charge is 2.08. The van der Waals surface area contributed by atoms with Gasteiger partial charge < -0.3 is 10.1 Å². The first-order chi connectivity index (χ1) is 12.6. The number of hydrogen-bond acceptors (Lipinski definition) is 5. The Morgan fingerprint density at radius 2 is 2.04 bits per heavy atom. The highest BCUT2D eigenvalue weighted by atomic mass is 35.5. The molecule has 6 nitrogen and oxygen atoms in total. The molecule has 3 aromatic rings. The molecule has 0 spiro atoms. The van der Waals surface area contributed by atoms with Gasteiger partial charge in [0, 0.05) is 23.0 Å². The van der Waals surface area contributed by atoms with E-state index < -0.39 is 0 Å². The highest BCUT2D eigenvalue weighted by molar-refractivity contribution is 6.30. The maximum Gasteiger partial charge on any atom is 0.258 e. The van der Waals surface area contributed by atoms with Crippen molar-refractivity contribution in [1.29, 1.82) is 5.26 Å². The molecule has 0 saturated carbocycles. The van der Waals surface area contributed by atoms with Gasteiger partial charge in [0.25, 0.3) is 5.91 Å². The Hall–Kier alpha value is -3.43. The Bertz CT molecular complexity index is 951. The number of hydrogen-bond donors (Lipinski definition) is 1. The molecule has 0 unspecified atom stereocenters. The van der Waals surface area contributed by atoms with E-state index in [9.17, 15) is 4.79 Å². The second-order valence-corrected chi connectivity index (χ2v) is 5.73. The molecule has 0 aliphatic rings. The smallest absolute Gasteiger partial charge is 0.258 e. The van der Waals surface area contributed by atoms with Crippen LogP contribution in [0.1, 0.15) is 21.6 Å². The van der Waals surface area contributed by atoms with Crippen molar-refractivity contribution in [2.75, 3.05) is 5.32 Å². The molecule has 2 heterocycles. The SMILES string of the molecule is N#Cc1ccc(C(=O)Nc2ccc(COc3cccc(Cl)c3)cn2)cn1. The Labute approximate surface area is 155 Å². The quantitative estimate of drug-likeness (QED) is 0.743. The molecule has 0 atom stereocenters. The average molecular weight is 365 g/mol. The van der Waals surface area contributed by atoms with Gasteiger partial charge in [-0.1, -0.05) is 23.7 Å². The van der Waals surface area contributed by atoms with Crippen LogP contribution in [0, 0.1) is 11.3 Å². The number of nitriles is 1. The number of aromatic nitrogens is 2. The summed E-state index contributed by atoms with van der Waals surface area (Å²) in [6.07, 6.45) is 2.97. The monoisotopic (exact) mass is 364 g/mol. The third-order valence-corrected chi connectivity index (χ3v) is 3.64. The van der Waals surface area contributed by atoms with Crippen LogP contribution < -0.4 is 10.1 Å². The molecule has 0 aliphatic heterocycles. The van der Waals surface area contributed by atoms with Crippen LogP contribution in [0.3, 0.4) is 0 Å². The normalized spacial score (nSPS) is 10.0. The van der Waals surface area contributed by atoms with E-state index in [1.54, 1.807) is 24.4 Å². The molecule has 0 radical (unpaired) electrons. The van der Waals surface area contributed by atoms with E-state index in [0.29, 0.717) is 28.8 Å². The molecule has 0 bridgehead atoms. The zero-order valence-electron chi connectivity index (χ0n) is 13.5. The molecule has 1 N–H and O–H groups in total. The van der Waals surface area contributed by atoms with Crippen molar-refractivity contribution in [3.63, 3.8) is 0 Å². The Morgan fingerprint density at radius 1 is 1.15 bits per heavy atom. The van der Waals surface area contributed by atoms with Gasteiger partial charge >= 0.3 is 0 Å². The van der Waals surface area contributed by atoms with Gasteiger partial charge in [-0.25, -0.2) is 9.97 Å². The third kappa shape index (κ3) is 4.56. The number of pyridine rings is 2. The van der Waals surface area contributed by atoms with Crippen molar-refractivity contribution in [3.05, 3.63) is 82.8 Å². The fraction of sp³-hybridized carbons (Fsp3) is 0.0526. The number of rotatable bonds is 5. The van der Waals surface area contributed by atoms with Gasteiger partial charge in [-0.05, 0) is 36.4 Å². The first-order valence-electron chi connectivity index (χ1n) is 7.65. The minimum atomic E-state index is -0.350. The molecule has 1 aromatic carbocycles. The van der Waals surface area contributed by atoms with Gasteiger partial charge in [-0.3, -0.25) is 4.79 Å². The molecule has 0 saturated heterocycles. The topological polar surface area (TPSA) is 87.9 Å². The fourth-order valence-electron chi connectivity index (χ4n) is 2.09. The Kier molecular flexibility index (Phi) is 5.42. The summed E-state index contributed by atoms with van der Waals surface area (Å²) in [5.74, 6) is 0.728. The lowest BCUT2D eigenvalue weighted by Crippen LogP contribution is -2.13. The van der Waals surface area contributed by atoms with Crippen LogP contribution in [-0.4, -0.2) is 15.9 Å². The van der Waals surface area contributed by atoms with E-state index in [0.717, 1.165) is 5.56 Å². The second-order valence-electron chi connectivity index (χ2n) is 5.30. The van der Waals surface area contributed by atoms with Gasteiger partial charge in [0.05, 0.1) is 5.56 Å². The summed E-state index contributed by atoms with van der Waals surface area (Å²) >= 11 is 5.91. The highest BCUT2D eigenvalue weighted by Crippen LogP contribution is 2.18. The second kappa shape index (κ2) is 8.10. The maximum atomic E-state index is 12.1. The number of nitrogens with one attached hydrogen (secondary N) is 1. The summed E-state index contributed by atoms with van der Waals surface area (Å²) in [7, 11) is 0. The van der Waals surface area contributed by atoms with Gasteiger partial charge in [-0.2, -0.15) is 5.26 Å². The number of benzene rings is 1. The van der Waals surface area contributed by atoms with Crippen molar-refractivity contribution >= 4 is 23.3 Å². The zero-order chi connectivity index (χ0) is 18.4. The van der Waals surface area contributed by atoms with Crippen molar-refractivity contribution in [2.24, 2.45) is 0 Å². The maximum absolute atomic E-state index is 12.1. The van der Waals surface area contributed by atoms with Crippen molar-refractivity contribution in [3.8, 4) is 11.8 Å². The van der Waals surface area contributed by atoms with Crippen molar-refractivity contribution < 1.29 is 9.53 Å². The lowest BCUT2D eigenvalue weighted by molar-refractivity contribution is 0.102. The molecule has 7 heteroatoms. The third-order valence-electron chi connectivity index (χ3n) is 3.41. The number of ether oxygens (including phenoxy) is 1. The van der Waals surface area contributed by atoms with Gasteiger partial charge in [0.15, 0.2) is 0 Å². The van der Waals surface area contributed by atoms with E-state index in [1.165, 1.54) is 18.3 Å². The molecule has 2 aromatic heterocycles. The minimum Gasteiger partial charge on any atom is -0.489 e. The standard InChI is InChI=1S/C19H13ClN4O2/c20-15-2-1-3-17(8-15)26-12-13-4-7-18(23-10-13)24-19(25)14-5-6-16(9-21)22-11-14/h1-8,10-11H,12H2,(H,23,24,25). The van der Waals surface area contributed by atoms with Crippen molar-refractivity contribution in [2.45, 2.75) is 6.61 Å². The molecular formula is C19H13ClN4O2. The van der Waals surface area contributed by atoms with Crippen molar-refractivity contribution in [1.82, 2.24) is 9.97 Å². The van der Waals surface area contributed by atoms with Crippen LogP contribution in [0.2, 0.25) is 5.02 Å². The van der Waals surface area contributed by atoms with E-state index in [1.807, 2.05) is 24.3 Å². The van der Waals surface area contributed by atoms with Crippen LogP contribution in [0.15, 0.2) is 60.9 Å². The molecule has 1 amide bonds. The minimum absolute atomic E-state index is 0.253. The number of nitrogens with zero attached hydrogens (tertiary/aromatic N) is 3. The fourth-order valence-corrected chi connectivity index (χ4v) is 2.27. The predicted molar refractivity (Wildman–Crippen MR) is 96.9 cm³/mol. The molecule has 0 aliphatic carbocycles. The van der Waals surface area contributed by atoms with Gasteiger partial charge in [0.1, 0.15) is 29.9 Å². The van der Waals surface area contributed by atoms with Gasteiger partial charge in [0.2, 0.25) is 0 Å². The number of carbonyl (C=O) groups is 1. The molecule has 128 valence electrons. The largest absolute Gasteiger partial charge is 0.489 e. The van der Waals surface area contributed by atoms with Crippen LogP contribution in [0.25, 0.3) is 0 Å². The van der Waals surface area contributed by atoms with Crippen LogP contribution in [0.5, 0.6) is 5.75 Å². The molecule has 3 rings (SSSR count). The van der Waals surface area contributed by atoms with E-state index in [2.05, 4.69) is 15.3 Å². The summed E-state index contributed by atoms with van der Waals surface area (Å²) in [6, 6.07) is 15.6. The average Bonchev–Trinajstić information content (AvgIpc) is 2.67. The Balaban J connectivity index is 1.58. The van der Waals surface area contributed by atoms with Gasteiger partial charge in [-0.15, -0.1) is 0 Å². The lowest BCUT2D eigenvalue weighted by Gasteiger charge is -2.08. The predicted octanol–water partition coefficient (Wildman–Crippen LogP) is 3.83. The first kappa shape index (κ1) is 17.4. The first-order valence-corrected chi connectivity index (χ1v) is 8.02. The van der Waals surface area contributed by atoms with E-state index in [-0.39, 0.29) is 11.6 Å². The van der Waals surface area contributed by atoms with Crippen LogP contribution in [-0.2, 0) is 6.61 Å². The molecule has 0 fully saturated rings. The van der Waals surface area contributed by atoms with E-state index >= 15 is 0 Å². The van der Waals surface area contributed by atoms with E-state index in [4.69, 9.17) is 21.6 Å². The summed E-state index contributed by atoms with van der Waals surface area (Å²) in [6.45, 7) is 0.334. The summed E-state index contributed by atoms with van der Waals surface area (Å²) in [5.41, 5.74) is 1.45. The number of carbonyl (C=O) groups excluding carboxylic acids is 1. The number of halogens is 1. The lowest BCUT2D eigenvalue weighted by atomic mass is 10.2. The molecule has 26 heavy (non-hydrogen) atoms. The Morgan fingerprint density at radius 3 is 2.69 bits per heavy atom. The van der Waals surface area contributed by atoms with Crippen LogP contribution >= 0.6 is 11.6 Å². The summed E-state index contributed by atoms with van der Waals surface area (Å²) < 4.78 is 5.64. The summed E-state index contributed by atoms with van der Waals surface area (Å²) in [5, 5.41) is 12.0. The summed E-state index contributed by atoms with van der Waals surface area (Å²) in [4.78, 5) is 20.2. The van der Waals surface area contributed by atoms with Crippen LogP contribution in [0.4, 0.5) is 5.82 Å². The number of amides is 1. The molecular weight excluding hydrogens is 352 g/mol. The number of anilines is 1. The zero-order valence-corrected chi connectivity index (χ0v) is 14.3.